The number of nitrogens with one attached hydrogen (secondary N) is 2. The molecule has 0 spiro atoms. The van der Waals surface area contributed by atoms with Gasteiger partial charge in [-0.2, -0.15) is 0 Å². The van der Waals surface area contributed by atoms with Crippen LogP contribution in [0.25, 0.3) is 0 Å². The van der Waals surface area contributed by atoms with Gasteiger partial charge < -0.3 is 15.7 Å². The molecule has 0 aliphatic rings. The quantitative estimate of drug-likeness (QED) is 0.721. The van der Waals surface area contributed by atoms with Crippen molar-refractivity contribution in [3.8, 4) is 0 Å². The number of aliphatic hydroxyl groups is 1. The molecule has 21 heavy (non-hydrogen) atoms. The molecule has 1 atom stereocenters. The maximum absolute atomic E-state index is 9.48. The van der Waals surface area contributed by atoms with E-state index in [0.717, 1.165) is 30.4 Å². The molecule has 3 N–H and O–H groups in total. The maximum Gasteiger partial charge on any atom is 0.138 e. The third-order valence-corrected chi connectivity index (χ3v) is 3.29. The Labute approximate surface area is 128 Å². The Morgan fingerprint density at radius 1 is 1.19 bits per heavy atom. The van der Waals surface area contributed by atoms with Crippen LogP contribution in [0.15, 0.2) is 6.07 Å². The number of rotatable bonds is 7. The highest BCUT2D eigenvalue weighted by atomic mass is 16.3. The summed E-state index contributed by atoms with van der Waals surface area (Å²) in [5.74, 6) is 2.72. The maximum atomic E-state index is 9.48. The third-order valence-electron chi connectivity index (χ3n) is 3.29. The fourth-order valence-corrected chi connectivity index (χ4v) is 1.81. The summed E-state index contributed by atoms with van der Waals surface area (Å²) in [6, 6.07) is 1.90. The molecule has 0 bridgehead atoms. The molecule has 1 aromatic rings. The molecule has 0 fully saturated rings. The lowest BCUT2D eigenvalue weighted by Crippen LogP contribution is -2.30. The smallest absolute Gasteiger partial charge is 0.138 e. The molecular formula is C16H30N4O. The van der Waals surface area contributed by atoms with Gasteiger partial charge in [0.2, 0.25) is 0 Å². The lowest BCUT2D eigenvalue weighted by Gasteiger charge is -2.23. The molecule has 120 valence electrons. The van der Waals surface area contributed by atoms with Crippen LogP contribution in [-0.4, -0.2) is 34.3 Å². The number of anilines is 2. The van der Waals surface area contributed by atoms with E-state index in [-0.39, 0.29) is 18.1 Å². The van der Waals surface area contributed by atoms with Gasteiger partial charge in [0.15, 0.2) is 0 Å². The number of aromatic nitrogens is 2. The van der Waals surface area contributed by atoms with Crippen molar-refractivity contribution >= 4 is 11.6 Å². The van der Waals surface area contributed by atoms with Gasteiger partial charge in [-0.25, -0.2) is 9.97 Å². The van der Waals surface area contributed by atoms with Crippen LogP contribution >= 0.6 is 0 Å². The Balaban J connectivity index is 3.06. The number of aliphatic hydroxyl groups excluding tert-OH is 1. The first kappa shape index (κ1) is 17.7. The van der Waals surface area contributed by atoms with E-state index in [9.17, 15) is 5.11 Å². The normalized spacial score (nSPS) is 13.3. The minimum absolute atomic E-state index is 0.00764. The van der Waals surface area contributed by atoms with Gasteiger partial charge in [-0.05, 0) is 12.3 Å². The summed E-state index contributed by atoms with van der Waals surface area (Å²) in [4.78, 5) is 9.21. The highest BCUT2D eigenvalue weighted by molar-refractivity contribution is 5.48. The first-order valence-corrected chi connectivity index (χ1v) is 7.78. The molecule has 0 radical (unpaired) electrons. The van der Waals surface area contributed by atoms with Crippen LogP contribution in [-0.2, 0) is 5.41 Å². The Hall–Kier alpha value is -1.36. The molecular weight excluding hydrogens is 264 g/mol. The minimum atomic E-state index is -0.118. The molecule has 5 nitrogen and oxygen atoms in total. The van der Waals surface area contributed by atoms with E-state index < -0.39 is 0 Å². The summed E-state index contributed by atoms with van der Waals surface area (Å²) in [5, 5.41) is 16.1. The van der Waals surface area contributed by atoms with Crippen LogP contribution < -0.4 is 10.6 Å². The van der Waals surface area contributed by atoms with Crippen molar-refractivity contribution in [2.75, 3.05) is 23.8 Å². The van der Waals surface area contributed by atoms with Gasteiger partial charge in [0, 0.05) is 18.0 Å². The second-order valence-electron chi connectivity index (χ2n) is 6.82. The Kier molecular flexibility index (Phi) is 6.40. The number of nitrogens with zero attached hydrogens (tertiary/aromatic N) is 2. The van der Waals surface area contributed by atoms with Gasteiger partial charge in [0.05, 0.1) is 12.6 Å². The first-order valence-electron chi connectivity index (χ1n) is 7.78. The fourth-order valence-electron chi connectivity index (χ4n) is 1.81. The first-order chi connectivity index (χ1) is 9.77. The average molecular weight is 294 g/mol. The van der Waals surface area contributed by atoms with Gasteiger partial charge in [-0.15, -0.1) is 0 Å². The highest BCUT2D eigenvalue weighted by Crippen LogP contribution is 2.23. The molecule has 1 heterocycles. The summed E-state index contributed by atoms with van der Waals surface area (Å²) < 4.78 is 0. The molecule has 0 aromatic carbocycles. The van der Waals surface area contributed by atoms with Crippen molar-refractivity contribution in [3.05, 3.63) is 11.9 Å². The molecule has 5 heteroatoms. The van der Waals surface area contributed by atoms with E-state index in [2.05, 4.69) is 62.1 Å². The molecule has 0 amide bonds. The van der Waals surface area contributed by atoms with Crippen LogP contribution in [0, 0.1) is 5.92 Å². The van der Waals surface area contributed by atoms with Crippen molar-refractivity contribution in [2.45, 2.75) is 59.4 Å². The van der Waals surface area contributed by atoms with Gasteiger partial charge in [-0.3, -0.25) is 0 Å². The molecule has 0 saturated heterocycles. The molecule has 0 saturated carbocycles. The van der Waals surface area contributed by atoms with E-state index in [4.69, 9.17) is 0 Å². The van der Waals surface area contributed by atoms with E-state index in [1.807, 2.05) is 6.07 Å². The second kappa shape index (κ2) is 7.59. The predicted octanol–water partition coefficient (Wildman–Crippen LogP) is 3.02. The summed E-state index contributed by atoms with van der Waals surface area (Å²) in [7, 11) is 0. The highest BCUT2D eigenvalue weighted by Gasteiger charge is 2.20. The van der Waals surface area contributed by atoms with Gasteiger partial charge in [-0.1, -0.05) is 41.5 Å². The van der Waals surface area contributed by atoms with E-state index in [1.54, 1.807) is 0 Å². The fraction of sp³-hybridized carbons (Fsp3) is 0.750. The zero-order valence-electron chi connectivity index (χ0n) is 14.2. The number of hydrogen-bond acceptors (Lipinski definition) is 5. The van der Waals surface area contributed by atoms with Crippen LogP contribution in [0.5, 0.6) is 0 Å². The molecule has 1 unspecified atom stereocenters. The van der Waals surface area contributed by atoms with Crippen molar-refractivity contribution in [1.82, 2.24) is 9.97 Å². The van der Waals surface area contributed by atoms with E-state index >= 15 is 0 Å². The van der Waals surface area contributed by atoms with E-state index in [0.29, 0.717) is 5.92 Å². The summed E-state index contributed by atoms with van der Waals surface area (Å²) in [6.45, 7) is 13.5. The summed E-state index contributed by atoms with van der Waals surface area (Å²) in [5.41, 5.74) is -0.118. The molecule has 1 rings (SSSR count). The lowest BCUT2D eigenvalue weighted by atomic mass is 9.95. The van der Waals surface area contributed by atoms with Crippen LogP contribution in [0.3, 0.4) is 0 Å². The molecule has 0 aliphatic heterocycles. The standard InChI is InChI=1S/C16H30N4O/c1-7-8-17-13-9-14(18-12(10-21)11(2)3)20-15(19-13)16(4,5)6/h9,11-12,21H,7-8,10H2,1-6H3,(H2,17,18,19,20). The van der Waals surface area contributed by atoms with Crippen molar-refractivity contribution < 1.29 is 5.11 Å². The van der Waals surface area contributed by atoms with Gasteiger partial charge in [0.25, 0.3) is 0 Å². The largest absolute Gasteiger partial charge is 0.394 e. The molecule has 0 aliphatic carbocycles. The van der Waals surface area contributed by atoms with Gasteiger partial charge >= 0.3 is 0 Å². The summed E-state index contributed by atoms with van der Waals surface area (Å²) in [6.07, 6.45) is 1.04. The zero-order valence-corrected chi connectivity index (χ0v) is 14.2. The predicted molar refractivity (Wildman–Crippen MR) is 88.8 cm³/mol. The van der Waals surface area contributed by atoms with Crippen LogP contribution in [0.1, 0.15) is 53.8 Å². The second-order valence-corrected chi connectivity index (χ2v) is 6.82. The topological polar surface area (TPSA) is 70.1 Å². The third kappa shape index (κ3) is 5.50. The average Bonchev–Trinajstić information content (AvgIpc) is 2.41. The van der Waals surface area contributed by atoms with Crippen molar-refractivity contribution in [1.29, 1.82) is 0 Å². The summed E-state index contributed by atoms with van der Waals surface area (Å²) >= 11 is 0. The van der Waals surface area contributed by atoms with Crippen LogP contribution in [0.2, 0.25) is 0 Å². The monoisotopic (exact) mass is 294 g/mol. The molecule has 1 aromatic heterocycles. The lowest BCUT2D eigenvalue weighted by molar-refractivity contribution is 0.249. The SMILES string of the molecule is CCCNc1cc(NC(CO)C(C)C)nc(C(C)(C)C)n1. The Morgan fingerprint density at radius 3 is 2.29 bits per heavy atom. The van der Waals surface area contributed by atoms with Crippen molar-refractivity contribution in [3.63, 3.8) is 0 Å². The number of hydrogen-bond donors (Lipinski definition) is 3. The van der Waals surface area contributed by atoms with Gasteiger partial charge in [0.1, 0.15) is 17.5 Å². The minimum Gasteiger partial charge on any atom is -0.394 e. The Morgan fingerprint density at radius 2 is 1.81 bits per heavy atom. The van der Waals surface area contributed by atoms with E-state index in [1.165, 1.54) is 0 Å². The zero-order chi connectivity index (χ0) is 16.0. The Bertz CT molecular complexity index is 440. The van der Waals surface area contributed by atoms with Crippen LogP contribution in [0.4, 0.5) is 11.6 Å². The van der Waals surface area contributed by atoms with Crippen molar-refractivity contribution in [2.24, 2.45) is 5.92 Å².